The predicted molar refractivity (Wildman–Crippen MR) is 76.0 cm³/mol. The van der Waals surface area contributed by atoms with Gasteiger partial charge in [-0.3, -0.25) is 14.7 Å². The Morgan fingerprint density at radius 2 is 2.19 bits per heavy atom. The van der Waals surface area contributed by atoms with E-state index in [9.17, 15) is 23.3 Å². The first-order valence-corrected chi connectivity index (χ1v) is 8.25. The Kier molecular flexibility index (Phi) is 3.08. The molecule has 2 heterocycles. The van der Waals surface area contributed by atoms with Crippen molar-refractivity contribution in [2.45, 2.75) is 13.0 Å². The number of nitro groups is 1. The van der Waals surface area contributed by atoms with Gasteiger partial charge in [0.1, 0.15) is 0 Å². The Morgan fingerprint density at radius 3 is 2.81 bits per heavy atom. The lowest BCUT2D eigenvalue weighted by atomic mass is 10.1. The average molecular weight is 311 g/mol. The lowest BCUT2D eigenvalue weighted by Gasteiger charge is -2.08. The summed E-state index contributed by atoms with van der Waals surface area (Å²) in [6.07, 6.45) is 0.510. The molecule has 8 nitrogen and oxygen atoms in total. The summed E-state index contributed by atoms with van der Waals surface area (Å²) in [6.45, 7) is 0.249. The molecule has 0 bridgehead atoms. The van der Waals surface area contributed by atoms with Gasteiger partial charge in [-0.1, -0.05) is 0 Å². The number of rotatable bonds is 3. The van der Waals surface area contributed by atoms with Crippen molar-refractivity contribution < 1.29 is 13.3 Å². The number of sulfone groups is 1. The fourth-order valence-corrected chi connectivity index (χ4v) is 4.56. The number of hydrogen-bond acceptors (Lipinski definition) is 5. The van der Waals surface area contributed by atoms with Gasteiger partial charge in [-0.05, 0) is 18.4 Å². The van der Waals surface area contributed by atoms with E-state index in [0.29, 0.717) is 17.5 Å². The fourth-order valence-electron chi connectivity index (χ4n) is 2.71. The second kappa shape index (κ2) is 4.69. The van der Waals surface area contributed by atoms with E-state index in [-0.39, 0.29) is 35.3 Å². The predicted octanol–water partition coefficient (Wildman–Crippen LogP) is 0.672. The van der Waals surface area contributed by atoms with Crippen molar-refractivity contribution in [2.24, 2.45) is 5.92 Å². The quantitative estimate of drug-likeness (QED) is 0.661. The van der Waals surface area contributed by atoms with Crippen LogP contribution in [0, 0.1) is 16.0 Å². The van der Waals surface area contributed by atoms with Crippen LogP contribution in [0.25, 0.3) is 11.0 Å². The molecule has 21 heavy (non-hydrogen) atoms. The number of non-ortho nitro benzene ring substituents is 1. The molecule has 1 aliphatic rings. The molecule has 3 rings (SSSR count). The van der Waals surface area contributed by atoms with Gasteiger partial charge < -0.3 is 4.98 Å². The van der Waals surface area contributed by atoms with Crippen LogP contribution in [0.1, 0.15) is 6.42 Å². The zero-order valence-corrected chi connectivity index (χ0v) is 11.8. The maximum absolute atomic E-state index is 12.0. The van der Waals surface area contributed by atoms with Gasteiger partial charge in [-0.2, -0.15) is 0 Å². The monoisotopic (exact) mass is 311 g/mol. The summed E-state index contributed by atoms with van der Waals surface area (Å²) < 4.78 is 24.3. The number of fused-ring (bicyclic) bond motifs is 1. The molecule has 0 unspecified atom stereocenters. The average Bonchev–Trinajstić information content (AvgIpc) is 2.90. The molecule has 0 amide bonds. The lowest BCUT2D eigenvalue weighted by molar-refractivity contribution is -0.384. The van der Waals surface area contributed by atoms with Gasteiger partial charge in [-0.25, -0.2) is 13.2 Å². The van der Waals surface area contributed by atoms with Gasteiger partial charge in [0.15, 0.2) is 9.84 Å². The van der Waals surface area contributed by atoms with E-state index in [2.05, 4.69) is 4.98 Å². The second-order valence-corrected chi connectivity index (χ2v) is 7.50. The third kappa shape index (κ3) is 2.56. The molecule has 1 aromatic heterocycles. The first kappa shape index (κ1) is 13.8. The Bertz CT molecular complexity index is 880. The molecule has 1 N–H and O–H groups in total. The zero-order chi connectivity index (χ0) is 15.2. The number of benzene rings is 1. The number of nitro benzene ring substituents is 1. The normalized spacial score (nSPS) is 20.9. The van der Waals surface area contributed by atoms with Gasteiger partial charge >= 0.3 is 5.69 Å². The molecule has 1 atom stereocenters. The van der Waals surface area contributed by atoms with E-state index in [1.54, 1.807) is 0 Å². The van der Waals surface area contributed by atoms with Crippen LogP contribution in [0.5, 0.6) is 0 Å². The molecule has 0 spiro atoms. The molecule has 1 saturated heterocycles. The number of H-pyrrole nitrogens is 1. The van der Waals surface area contributed by atoms with Gasteiger partial charge in [0.25, 0.3) is 5.69 Å². The molecule has 1 aliphatic heterocycles. The van der Waals surface area contributed by atoms with Crippen LogP contribution < -0.4 is 5.69 Å². The standard InChI is InChI=1S/C12H13N3O5S/c16-12-13-10-2-1-9(15(17)18)5-11(10)14(12)6-8-3-4-21(19,20)7-8/h1-2,5,8H,3-4,6-7H2,(H,13,16)/t8-/m1/s1. The van der Waals surface area contributed by atoms with E-state index in [1.165, 1.54) is 22.8 Å². The Morgan fingerprint density at radius 1 is 1.43 bits per heavy atom. The molecular weight excluding hydrogens is 298 g/mol. The minimum atomic E-state index is -3.02. The van der Waals surface area contributed by atoms with Crippen molar-refractivity contribution in [1.29, 1.82) is 0 Å². The molecule has 0 radical (unpaired) electrons. The number of nitrogens with zero attached hydrogens (tertiary/aromatic N) is 2. The summed E-state index contributed by atoms with van der Waals surface area (Å²) in [7, 11) is -3.02. The van der Waals surface area contributed by atoms with Crippen molar-refractivity contribution in [3.05, 3.63) is 38.8 Å². The Labute approximate surface area is 119 Å². The highest BCUT2D eigenvalue weighted by Crippen LogP contribution is 2.23. The third-order valence-corrected chi connectivity index (χ3v) is 5.57. The Balaban J connectivity index is 2.01. The highest BCUT2D eigenvalue weighted by Gasteiger charge is 2.29. The van der Waals surface area contributed by atoms with Gasteiger partial charge in [0.05, 0.1) is 27.5 Å². The fraction of sp³-hybridized carbons (Fsp3) is 0.417. The van der Waals surface area contributed by atoms with Gasteiger partial charge in [0.2, 0.25) is 0 Å². The van der Waals surface area contributed by atoms with Crippen LogP contribution in [0.4, 0.5) is 5.69 Å². The van der Waals surface area contributed by atoms with Crippen molar-refractivity contribution in [3.63, 3.8) is 0 Å². The summed E-state index contributed by atoms with van der Waals surface area (Å²) in [4.78, 5) is 24.9. The minimum absolute atomic E-state index is 0.0566. The zero-order valence-electron chi connectivity index (χ0n) is 11.0. The van der Waals surface area contributed by atoms with Crippen LogP contribution in [-0.4, -0.2) is 34.4 Å². The smallest absolute Gasteiger partial charge is 0.306 e. The second-order valence-electron chi connectivity index (χ2n) is 5.27. The summed E-state index contributed by atoms with van der Waals surface area (Å²) in [5.41, 5.74) is 0.453. The van der Waals surface area contributed by atoms with Gasteiger partial charge in [-0.15, -0.1) is 0 Å². The highest BCUT2D eigenvalue weighted by molar-refractivity contribution is 7.91. The van der Waals surface area contributed by atoms with E-state index < -0.39 is 14.8 Å². The van der Waals surface area contributed by atoms with Crippen LogP contribution >= 0.6 is 0 Å². The summed E-state index contributed by atoms with van der Waals surface area (Å²) in [6, 6.07) is 4.14. The van der Waals surface area contributed by atoms with E-state index in [4.69, 9.17) is 0 Å². The number of imidazole rings is 1. The summed E-state index contributed by atoms with van der Waals surface area (Å²) >= 11 is 0. The number of hydrogen-bond donors (Lipinski definition) is 1. The lowest BCUT2D eigenvalue weighted by Crippen LogP contribution is -2.22. The molecule has 1 fully saturated rings. The molecule has 0 aliphatic carbocycles. The van der Waals surface area contributed by atoms with Crippen LogP contribution in [-0.2, 0) is 16.4 Å². The molecule has 9 heteroatoms. The molecule has 2 aromatic rings. The topological polar surface area (TPSA) is 115 Å². The first-order chi connectivity index (χ1) is 9.85. The SMILES string of the molecule is O=c1[nH]c2ccc([N+](=O)[O-])cc2n1C[C@H]1CCS(=O)(=O)C1. The third-order valence-electron chi connectivity index (χ3n) is 3.74. The van der Waals surface area contributed by atoms with E-state index >= 15 is 0 Å². The van der Waals surface area contributed by atoms with Crippen molar-refractivity contribution in [3.8, 4) is 0 Å². The first-order valence-electron chi connectivity index (χ1n) is 6.43. The van der Waals surface area contributed by atoms with Crippen molar-refractivity contribution in [1.82, 2.24) is 9.55 Å². The van der Waals surface area contributed by atoms with Crippen LogP contribution in [0.3, 0.4) is 0 Å². The largest absolute Gasteiger partial charge is 0.326 e. The molecule has 0 saturated carbocycles. The molecule has 1 aromatic carbocycles. The number of aromatic amines is 1. The highest BCUT2D eigenvalue weighted by atomic mass is 32.2. The Hall–Kier alpha value is -2.16. The number of nitrogens with one attached hydrogen (secondary N) is 1. The van der Waals surface area contributed by atoms with Crippen molar-refractivity contribution in [2.75, 3.05) is 11.5 Å². The van der Waals surface area contributed by atoms with Crippen LogP contribution in [0.15, 0.2) is 23.0 Å². The minimum Gasteiger partial charge on any atom is -0.306 e. The maximum Gasteiger partial charge on any atom is 0.326 e. The molecule has 112 valence electrons. The summed E-state index contributed by atoms with van der Waals surface area (Å²) in [5, 5.41) is 10.8. The maximum atomic E-state index is 12.0. The van der Waals surface area contributed by atoms with Crippen molar-refractivity contribution >= 4 is 26.6 Å². The van der Waals surface area contributed by atoms with Crippen LogP contribution in [0.2, 0.25) is 0 Å². The molecular formula is C12H13N3O5S. The van der Waals surface area contributed by atoms with Gasteiger partial charge in [0, 0.05) is 18.7 Å². The van der Waals surface area contributed by atoms with E-state index in [1.807, 2.05) is 0 Å². The summed E-state index contributed by atoms with van der Waals surface area (Å²) in [5.74, 6) is 0.0571. The van der Waals surface area contributed by atoms with E-state index in [0.717, 1.165) is 0 Å². The number of aromatic nitrogens is 2.